The van der Waals surface area contributed by atoms with Crippen molar-refractivity contribution in [2.45, 2.75) is 46.5 Å². The van der Waals surface area contributed by atoms with Crippen molar-refractivity contribution in [2.24, 2.45) is 0 Å². The SMILES string of the molecule is CC.CC(=O)CCCCc1cccs1. The van der Waals surface area contributed by atoms with Crippen molar-refractivity contribution in [3.63, 3.8) is 0 Å². The van der Waals surface area contributed by atoms with Crippen molar-refractivity contribution in [3.8, 4) is 0 Å². The van der Waals surface area contributed by atoms with Gasteiger partial charge in [-0.2, -0.15) is 0 Å². The lowest BCUT2D eigenvalue weighted by atomic mass is 10.1. The molecule has 1 heterocycles. The molecule has 0 aromatic carbocycles. The number of ketones is 1. The normalized spacial score (nSPS) is 9.07. The van der Waals surface area contributed by atoms with Crippen LogP contribution in [0.4, 0.5) is 0 Å². The number of rotatable bonds is 5. The van der Waals surface area contributed by atoms with Gasteiger partial charge in [-0.3, -0.25) is 0 Å². The largest absolute Gasteiger partial charge is 0.300 e. The third-order valence-corrected chi connectivity index (χ3v) is 2.72. The van der Waals surface area contributed by atoms with E-state index in [0.29, 0.717) is 5.78 Å². The van der Waals surface area contributed by atoms with Gasteiger partial charge in [0.1, 0.15) is 5.78 Å². The predicted octanol–water partition coefficient (Wildman–Crippen LogP) is 4.08. The Morgan fingerprint density at radius 3 is 2.57 bits per heavy atom. The summed E-state index contributed by atoms with van der Waals surface area (Å²) < 4.78 is 0. The minimum Gasteiger partial charge on any atom is -0.300 e. The minimum atomic E-state index is 0.307. The first kappa shape index (κ1) is 13.4. The summed E-state index contributed by atoms with van der Waals surface area (Å²) >= 11 is 1.80. The highest BCUT2D eigenvalue weighted by molar-refractivity contribution is 7.09. The summed E-state index contributed by atoms with van der Waals surface area (Å²) in [6.45, 7) is 5.66. The molecule has 1 rings (SSSR count). The first-order valence-electron chi connectivity index (χ1n) is 5.31. The maximum atomic E-state index is 10.6. The minimum absolute atomic E-state index is 0.307. The summed E-state index contributed by atoms with van der Waals surface area (Å²) in [7, 11) is 0. The Morgan fingerprint density at radius 1 is 1.36 bits per heavy atom. The molecule has 0 atom stereocenters. The van der Waals surface area contributed by atoms with Crippen LogP contribution in [-0.2, 0) is 11.2 Å². The van der Waals surface area contributed by atoms with Gasteiger partial charge in [-0.05, 0) is 37.6 Å². The molecule has 0 aliphatic carbocycles. The number of thiophene rings is 1. The van der Waals surface area contributed by atoms with Gasteiger partial charge in [0.05, 0.1) is 0 Å². The second kappa shape index (κ2) is 8.95. The van der Waals surface area contributed by atoms with E-state index in [1.807, 2.05) is 13.8 Å². The van der Waals surface area contributed by atoms with Gasteiger partial charge >= 0.3 is 0 Å². The number of hydrogen-bond acceptors (Lipinski definition) is 2. The topological polar surface area (TPSA) is 17.1 Å². The molecule has 2 heteroatoms. The van der Waals surface area contributed by atoms with E-state index in [2.05, 4.69) is 17.5 Å². The van der Waals surface area contributed by atoms with Crippen LogP contribution in [0.15, 0.2) is 17.5 Å². The van der Waals surface area contributed by atoms with Crippen molar-refractivity contribution in [2.75, 3.05) is 0 Å². The molecule has 0 saturated carbocycles. The van der Waals surface area contributed by atoms with Crippen molar-refractivity contribution in [3.05, 3.63) is 22.4 Å². The van der Waals surface area contributed by atoms with Crippen molar-refractivity contribution in [1.82, 2.24) is 0 Å². The fourth-order valence-corrected chi connectivity index (χ4v) is 1.88. The van der Waals surface area contributed by atoms with Gasteiger partial charge in [0.25, 0.3) is 0 Å². The Labute approximate surface area is 91.2 Å². The molecule has 0 bridgehead atoms. The summed E-state index contributed by atoms with van der Waals surface area (Å²) in [5.74, 6) is 0.307. The van der Waals surface area contributed by atoms with Crippen LogP contribution in [0, 0.1) is 0 Å². The monoisotopic (exact) mass is 212 g/mol. The Hall–Kier alpha value is -0.630. The third kappa shape index (κ3) is 6.84. The van der Waals surface area contributed by atoms with Crippen LogP contribution in [0.25, 0.3) is 0 Å². The highest BCUT2D eigenvalue weighted by atomic mass is 32.1. The highest BCUT2D eigenvalue weighted by Crippen LogP contribution is 2.12. The van der Waals surface area contributed by atoms with E-state index in [1.54, 1.807) is 18.3 Å². The smallest absolute Gasteiger partial charge is 0.129 e. The average Bonchev–Trinajstić information content (AvgIpc) is 2.68. The maximum absolute atomic E-state index is 10.6. The molecular formula is C12H20OS. The Balaban J connectivity index is 0.000000791. The number of carbonyl (C=O) groups excluding carboxylic acids is 1. The number of unbranched alkanes of at least 4 members (excludes halogenated alkanes) is 1. The molecule has 1 aromatic heterocycles. The number of carbonyl (C=O) groups is 1. The van der Waals surface area contributed by atoms with E-state index in [9.17, 15) is 4.79 Å². The highest BCUT2D eigenvalue weighted by Gasteiger charge is 1.95. The molecule has 0 fully saturated rings. The lowest BCUT2D eigenvalue weighted by Gasteiger charge is -1.95. The fraction of sp³-hybridized carbons (Fsp3) is 0.583. The van der Waals surface area contributed by atoms with Crippen molar-refractivity contribution in [1.29, 1.82) is 0 Å². The zero-order chi connectivity index (χ0) is 10.8. The summed E-state index contributed by atoms with van der Waals surface area (Å²) in [5.41, 5.74) is 0. The first-order valence-corrected chi connectivity index (χ1v) is 6.19. The van der Waals surface area contributed by atoms with Gasteiger partial charge in [0.15, 0.2) is 0 Å². The van der Waals surface area contributed by atoms with Gasteiger partial charge in [-0.25, -0.2) is 0 Å². The predicted molar refractivity (Wildman–Crippen MR) is 63.9 cm³/mol. The molecule has 0 spiro atoms. The standard InChI is InChI=1S/C10H14OS.C2H6/c1-9(11)5-2-3-6-10-7-4-8-12-10;1-2/h4,7-8H,2-3,5-6H2,1H3;1-2H3. The molecule has 0 radical (unpaired) electrons. The summed E-state index contributed by atoms with van der Waals surface area (Å²) in [5, 5.41) is 2.10. The number of aryl methyl sites for hydroxylation is 1. The first-order chi connectivity index (χ1) is 6.79. The van der Waals surface area contributed by atoms with Crippen LogP contribution in [0.3, 0.4) is 0 Å². The summed E-state index contributed by atoms with van der Waals surface area (Å²) in [6, 6.07) is 4.23. The molecule has 1 nitrogen and oxygen atoms in total. The van der Waals surface area contributed by atoms with E-state index in [1.165, 1.54) is 4.88 Å². The van der Waals surface area contributed by atoms with Gasteiger partial charge < -0.3 is 4.79 Å². The maximum Gasteiger partial charge on any atom is 0.129 e. The molecule has 1 aromatic rings. The molecule has 0 unspecified atom stereocenters. The Morgan fingerprint density at radius 2 is 2.07 bits per heavy atom. The van der Waals surface area contributed by atoms with E-state index < -0.39 is 0 Å². The van der Waals surface area contributed by atoms with E-state index in [4.69, 9.17) is 0 Å². The van der Waals surface area contributed by atoms with Crippen LogP contribution in [0.5, 0.6) is 0 Å². The lowest BCUT2D eigenvalue weighted by molar-refractivity contribution is -0.117. The van der Waals surface area contributed by atoms with E-state index >= 15 is 0 Å². The van der Waals surface area contributed by atoms with Crippen LogP contribution in [0.1, 0.15) is 44.9 Å². The number of hydrogen-bond donors (Lipinski definition) is 0. The molecule has 80 valence electrons. The Kier molecular flexibility index (Phi) is 8.54. The Bertz CT molecular complexity index is 226. The van der Waals surface area contributed by atoms with Gasteiger partial charge in [0.2, 0.25) is 0 Å². The molecule has 0 amide bonds. The number of Topliss-reactive ketones (excluding diaryl/α,β-unsaturated/α-hetero) is 1. The molecule has 14 heavy (non-hydrogen) atoms. The summed E-state index contributed by atoms with van der Waals surface area (Å²) in [4.78, 5) is 12.0. The second-order valence-electron chi connectivity index (χ2n) is 2.99. The lowest BCUT2D eigenvalue weighted by Crippen LogP contribution is -1.90. The quantitative estimate of drug-likeness (QED) is 0.672. The molecular weight excluding hydrogens is 192 g/mol. The van der Waals surface area contributed by atoms with Crippen LogP contribution in [0.2, 0.25) is 0 Å². The zero-order valence-electron chi connectivity index (χ0n) is 9.38. The van der Waals surface area contributed by atoms with Crippen molar-refractivity contribution < 1.29 is 4.79 Å². The van der Waals surface area contributed by atoms with Gasteiger partial charge in [-0.1, -0.05) is 19.9 Å². The van der Waals surface area contributed by atoms with Crippen LogP contribution < -0.4 is 0 Å². The third-order valence-electron chi connectivity index (χ3n) is 1.78. The molecule has 0 saturated heterocycles. The van der Waals surface area contributed by atoms with Crippen molar-refractivity contribution >= 4 is 17.1 Å². The van der Waals surface area contributed by atoms with Gasteiger partial charge in [0, 0.05) is 11.3 Å². The van der Waals surface area contributed by atoms with E-state index in [0.717, 1.165) is 25.7 Å². The van der Waals surface area contributed by atoms with Gasteiger partial charge in [-0.15, -0.1) is 11.3 Å². The van der Waals surface area contributed by atoms with E-state index in [-0.39, 0.29) is 0 Å². The molecule has 0 aliphatic heterocycles. The molecule has 0 N–H and O–H groups in total. The average molecular weight is 212 g/mol. The van der Waals surface area contributed by atoms with Crippen LogP contribution in [-0.4, -0.2) is 5.78 Å². The summed E-state index contributed by atoms with van der Waals surface area (Å²) in [6.07, 6.45) is 4.05. The van der Waals surface area contributed by atoms with Crippen LogP contribution >= 0.6 is 11.3 Å². The fourth-order valence-electron chi connectivity index (χ4n) is 1.13. The second-order valence-corrected chi connectivity index (χ2v) is 4.02. The molecule has 0 aliphatic rings. The zero-order valence-corrected chi connectivity index (χ0v) is 10.2.